The number of imidazole rings is 2. The summed E-state index contributed by atoms with van der Waals surface area (Å²) in [6.45, 7) is 18.3. The third-order valence-electron chi connectivity index (χ3n) is 12.1. The van der Waals surface area contributed by atoms with Crippen molar-refractivity contribution in [1.29, 1.82) is 0 Å². The number of hydrogen-bond donors (Lipinski definition) is 4. The number of allylic oxidation sites excluding steroid dienone is 2. The van der Waals surface area contributed by atoms with Gasteiger partial charge in [0.1, 0.15) is 33.9 Å². The fraction of sp³-hybridized carbons (Fsp3) is 0.469. The second-order valence-corrected chi connectivity index (χ2v) is 17.1. The summed E-state index contributed by atoms with van der Waals surface area (Å²) in [4.78, 5) is 63.2. The van der Waals surface area contributed by atoms with E-state index >= 15 is 0 Å². The quantitative estimate of drug-likeness (QED) is 0.0428. The molecule has 0 bridgehead atoms. The molecule has 0 unspecified atom stereocenters. The van der Waals surface area contributed by atoms with E-state index in [0.717, 1.165) is 83.8 Å². The van der Waals surface area contributed by atoms with Gasteiger partial charge >= 0.3 is 0 Å². The number of aromatic nitrogens is 8. The maximum Gasteiger partial charge on any atom is 0.276 e. The highest BCUT2D eigenvalue weighted by Gasteiger charge is 2.23. The van der Waals surface area contributed by atoms with Crippen LogP contribution in [-0.2, 0) is 35.7 Å². The minimum absolute atomic E-state index is 0.235. The second-order valence-electron chi connectivity index (χ2n) is 17.1. The van der Waals surface area contributed by atoms with Gasteiger partial charge in [-0.1, -0.05) is 12.2 Å². The second kappa shape index (κ2) is 24.6. The molecule has 2 aromatic carbocycles. The fourth-order valence-corrected chi connectivity index (χ4v) is 8.60. The van der Waals surface area contributed by atoms with Crippen LogP contribution in [0.1, 0.15) is 79.8 Å². The monoisotopic (exact) mass is 979 g/mol. The Balaban J connectivity index is 0.000000661. The summed E-state index contributed by atoms with van der Waals surface area (Å²) in [7, 11) is 1.78. The number of rotatable bonds is 22. The lowest BCUT2D eigenvalue weighted by molar-refractivity contribution is 0.0357. The molecule has 8 rings (SSSR count). The minimum atomic E-state index is -0.626. The van der Waals surface area contributed by atoms with Gasteiger partial charge in [0.25, 0.3) is 5.91 Å². The van der Waals surface area contributed by atoms with E-state index in [2.05, 4.69) is 30.6 Å². The van der Waals surface area contributed by atoms with E-state index in [9.17, 15) is 19.2 Å². The van der Waals surface area contributed by atoms with E-state index in [1.54, 1.807) is 52.8 Å². The number of hydrogen-bond acceptors (Lipinski definition) is 15. The summed E-state index contributed by atoms with van der Waals surface area (Å²) >= 11 is 0. The molecule has 0 spiro atoms. The molecule has 2 aliphatic rings. The summed E-state index contributed by atoms with van der Waals surface area (Å²) in [6, 6.07) is 10.1. The molecule has 4 aromatic heterocycles. The van der Waals surface area contributed by atoms with Crippen LogP contribution in [0.4, 0.5) is 11.9 Å². The Morgan fingerprint density at radius 2 is 1.17 bits per heavy atom. The first-order chi connectivity index (χ1) is 34.4. The highest BCUT2D eigenvalue weighted by Crippen LogP contribution is 2.33. The number of benzene rings is 2. The van der Waals surface area contributed by atoms with E-state index in [-0.39, 0.29) is 24.0 Å². The first-order valence-electron chi connectivity index (χ1n) is 24.1. The minimum Gasteiger partial charge on any atom is -0.491 e. The van der Waals surface area contributed by atoms with Gasteiger partial charge in [-0.3, -0.25) is 43.7 Å². The molecule has 2 saturated heterocycles. The zero-order valence-electron chi connectivity index (χ0n) is 41.3. The first-order valence-corrected chi connectivity index (χ1v) is 24.1. The van der Waals surface area contributed by atoms with Crippen LogP contribution < -0.4 is 31.6 Å². The van der Waals surface area contributed by atoms with Gasteiger partial charge in [-0.15, -0.1) is 0 Å². The zero-order chi connectivity index (χ0) is 50.4. The van der Waals surface area contributed by atoms with Crippen molar-refractivity contribution in [3.8, 4) is 11.5 Å². The van der Waals surface area contributed by atoms with Crippen LogP contribution in [0.5, 0.6) is 11.5 Å². The number of primary amides is 2. The van der Waals surface area contributed by atoms with E-state index in [0.29, 0.717) is 102 Å². The molecular formula is C49H66N14O8. The first kappa shape index (κ1) is 51.7. The topological polar surface area (TPSA) is 259 Å². The predicted molar refractivity (Wildman–Crippen MR) is 269 cm³/mol. The summed E-state index contributed by atoms with van der Waals surface area (Å²) in [5.74, 6) is 0.151. The molecule has 380 valence electrons. The van der Waals surface area contributed by atoms with Crippen molar-refractivity contribution >= 4 is 58.0 Å². The predicted octanol–water partition coefficient (Wildman–Crippen LogP) is 3.89. The van der Waals surface area contributed by atoms with E-state index in [4.69, 9.17) is 40.4 Å². The number of carbonyl (C=O) groups is 4. The Morgan fingerprint density at radius 1 is 0.690 bits per heavy atom. The number of aldehydes is 1. The molecule has 22 heteroatoms. The number of carbonyl (C=O) groups excluding carboxylic acids is 4. The SMILES string of the molecule is CCn1nc(C)cc1C(=O)Nc1nc2cc(C(N)=O)cc(OCCCN3CCOCC3)c2n1C/C=C/Cn1c(NC)nc2cc(C(N)=O)cc(OCCCN3CCOCC3)c21.CCn1nc(C)cc1C=O. The maximum atomic E-state index is 13.8. The Bertz CT molecular complexity index is 2830. The van der Waals surface area contributed by atoms with Crippen LogP contribution >= 0.6 is 0 Å². The van der Waals surface area contributed by atoms with Crippen molar-refractivity contribution in [3.05, 3.63) is 82.5 Å². The normalized spacial score (nSPS) is 14.4. The molecule has 2 fully saturated rings. The lowest BCUT2D eigenvalue weighted by Crippen LogP contribution is -2.37. The van der Waals surface area contributed by atoms with Crippen LogP contribution in [0.3, 0.4) is 0 Å². The molecule has 0 radical (unpaired) electrons. The molecule has 22 nitrogen and oxygen atoms in total. The summed E-state index contributed by atoms with van der Waals surface area (Å²) in [6.07, 6.45) is 6.28. The molecule has 0 atom stereocenters. The van der Waals surface area contributed by atoms with Gasteiger partial charge < -0.3 is 44.9 Å². The molecule has 2 aliphatic heterocycles. The van der Waals surface area contributed by atoms with Crippen LogP contribution in [0.25, 0.3) is 22.1 Å². The third kappa shape index (κ3) is 13.0. The molecule has 6 N–H and O–H groups in total. The highest BCUT2D eigenvalue weighted by molar-refractivity contribution is 6.04. The lowest BCUT2D eigenvalue weighted by atomic mass is 10.1. The van der Waals surface area contributed by atoms with Gasteiger partial charge in [0.2, 0.25) is 23.7 Å². The van der Waals surface area contributed by atoms with Crippen molar-refractivity contribution in [3.63, 3.8) is 0 Å². The zero-order valence-corrected chi connectivity index (χ0v) is 41.3. The fourth-order valence-electron chi connectivity index (χ4n) is 8.60. The van der Waals surface area contributed by atoms with Gasteiger partial charge in [-0.25, -0.2) is 9.97 Å². The number of morpholine rings is 2. The molecule has 71 heavy (non-hydrogen) atoms. The van der Waals surface area contributed by atoms with Gasteiger partial charge in [0.15, 0.2) is 6.29 Å². The van der Waals surface area contributed by atoms with Crippen LogP contribution in [0.15, 0.2) is 48.6 Å². The molecule has 6 aromatic rings. The Kier molecular flexibility index (Phi) is 17.9. The van der Waals surface area contributed by atoms with Gasteiger partial charge in [0.05, 0.1) is 62.1 Å². The number of amides is 3. The molecule has 6 heterocycles. The summed E-state index contributed by atoms with van der Waals surface area (Å²) in [5.41, 5.74) is 17.0. The van der Waals surface area contributed by atoms with Crippen LogP contribution in [0.2, 0.25) is 0 Å². The number of fused-ring (bicyclic) bond motifs is 2. The number of nitrogens with two attached hydrogens (primary N) is 2. The van der Waals surface area contributed by atoms with Gasteiger partial charge in [-0.2, -0.15) is 10.2 Å². The van der Waals surface area contributed by atoms with E-state index in [1.165, 1.54) is 0 Å². The van der Waals surface area contributed by atoms with E-state index in [1.807, 2.05) is 49.0 Å². The third-order valence-corrected chi connectivity index (χ3v) is 12.1. The Labute approximate surface area is 412 Å². The lowest BCUT2D eigenvalue weighted by Gasteiger charge is -2.26. The maximum absolute atomic E-state index is 13.8. The standard InChI is InChI=1S/C42H56N12O7.C7H10N2O/c1-4-54-33(23-28(2)49-54)40(57)48-42-47-32-25-30(39(44)56)27-35(61-18-8-10-51-15-21-59-22-16-51)37(32)53(42)12-6-5-11-52-36-31(46-41(52)45-3)24-29(38(43)55)26-34(36)60-17-7-9-50-13-19-58-20-14-50;1-3-9-7(5-10)4-6(2)8-9/h5-6,23-27H,4,7-22H2,1-3H3,(H2,43,55)(H2,44,56)(H,45,46)(H,47,48,57);4-5H,3H2,1-2H3/b6-5+;. The molecule has 0 aliphatic carbocycles. The van der Waals surface area contributed by atoms with Crippen molar-refractivity contribution < 1.29 is 38.1 Å². The summed E-state index contributed by atoms with van der Waals surface area (Å²) < 4.78 is 30.8. The largest absolute Gasteiger partial charge is 0.491 e. The smallest absolute Gasteiger partial charge is 0.276 e. The number of anilines is 2. The summed E-state index contributed by atoms with van der Waals surface area (Å²) in [5, 5.41) is 14.7. The average Bonchev–Trinajstić information content (AvgIpc) is 4.15. The molecule has 0 saturated carbocycles. The molecular weight excluding hydrogens is 913 g/mol. The van der Waals surface area contributed by atoms with Crippen molar-refractivity contribution in [1.82, 2.24) is 48.5 Å². The van der Waals surface area contributed by atoms with Crippen molar-refractivity contribution in [2.24, 2.45) is 11.5 Å². The van der Waals surface area contributed by atoms with Crippen molar-refractivity contribution in [2.75, 3.05) is 96.6 Å². The Hall–Kier alpha value is -7.14. The van der Waals surface area contributed by atoms with Crippen LogP contribution in [-0.4, -0.2) is 158 Å². The average molecular weight is 979 g/mol. The van der Waals surface area contributed by atoms with Gasteiger partial charge in [-0.05, 0) is 76.9 Å². The van der Waals surface area contributed by atoms with Crippen molar-refractivity contribution in [2.45, 2.75) is 66.7 Å². The highest BCUT2D eigenvalue weighted by atomic mass is 16.5. The number of ether oxygens (including phenoxy) is 4. The number of nitrogens with zero attached hydrogens (tertiary/aromatic N) is 10. The Morgan fingerprint density at radius 3 is 1.63 bits per heavy atom. The number of aryl methyl sites for hydroxylation is 4. The molecule has 3 amide bonds. The van der Waals surface area contributed by atoms with Gasteiger partial charge in [0, 0.05) is 83.6 Å². The van der Waals surface area contributed by atoms with E-state index < -0.39 is 11.8 Å². The van der Waals surface area contributed by atoms with Crippen LogP contribution in [0, 0.1) is 13.8 Å². The number of nitrogens with one attached hydrogen (secondary N) is 2.